The molecule has 3 nitrogen and oxygen atoms in total. The SMILES string of the molecule is CCCCc1cnc(-c2ccccc2-c2ccc(C#N)cc2)nc1. The molecule has 0 fully saturated rings. The van der Waals surface area contributed by atoms with Crippen molar-refractivity contribution in [3.8, 4) is 28.6 Å². The fourth-order valence-electron chi connectivity index (χ4n) is 2.66. The molecule has 0 atom stereocenters. The Morgan fingerprint density at radius 2 is 1.58 bits per heavy atom. The molecule has 0 aliphatic carbocycles. The highest BCUT2D eigenvalue weighted by Gasteiger charge is 2.09. The molecule has 0 saturated heterocycles. The molecule has 0 aliphatic heterocycles. The van der Waals surface area contributed by atoms with Gasteiger partial charge in [-0.15, -0.1) is 0 Å². The topological polar surface area (TPSA) is 49.6 Å². The Bertz CT molecular complexity index is 844. The van der Waals surface area contributed by atoms with Gasteiger partial charge in [0.1, 0.15) is 0 Å². The molecule has 118 valence electrons. The minimum Gasteiger partial charge on any atom is -0.236 e. The van der Waals surface area contributed by atoms with E-state index < -0.39 is 0 Å². The third-order valence-electron chi connectivity index (χ3n) is 4.02. The third-order valence-corrected chi connectivity index (χ3v) is 4.02. The first-order chi connectivity index (χ1) is 11.8. The van der Waals surface area contributed by atoms with E-state index in [9.17, 15) is 0 Å². The summed E-state index contributed by atoms with van der Waals surface area (Å²) in [4.78, 5) is 9.12. The van der Waals surface area contributed by atoms with Crippen LogP contribution < -0.4 is 0 Å². The van der Waals surface area contributed by atoms with E-state index >= 15 is 0 Å². The maximum atomic E-state index is 8.95. The second-order valence-electron chi connectivity index (χ2n) is 5.75. The maximum Gasteiger partial charge on any atom is 0.159 e. The number of benzene rings is 2. The number of nitrogens with zero attached hydrogens (tertiary/aromatic N) is 3. The Balaban J connectivity index is 1.95. The molecular weight excluding hydrogens is 294 g/mol. The first-order valence-corrected chi connectivity index (χ1v) is 8.22. The zero-order chi connectivity index (χ0) is 16.8. The van der Waals surface area contributed by atoms with Gasteiger partial charge in [0, 0.05) is 18.0 Å². The van der Waals surface area contributed by atoms with E-state index in [1.807, 2.05) is 54.9 Å². The Morgan fingerprint density at radius 1 is 0.917 bits per heavy atom. The second-order valence-corrected chi connectivity index (χ2v) is 5.75. The van der Waals surface area contributed by atoms with E-state index in [0.29, 0.717) is 5.56 Å². The normalized spacial score (nSPS) is 10.3. The quantitative estimate of drug-likeness (QED) is 0.664. The molecule has 0 amide bonds. The molecule has 3 aromatic rings. The molecule has 1 aromatic heterocycles. The number of aryl methyl sites for hydroxylation is 1. The summed E-state index contributed by atoms with van der Waals surface area (Å²) >= 11 is 0. The van der Waals surface area contributed by atoms with Gasteiger partial charge in [0.2, 0.25) is 0 Å². The number of nitriles is 1. The lowest BCUT2D eigenvalue weighted by atomic mass is 9.98. The van der Waals surface area contributed by atoms with Gasteiger partial charge in [0.15, 0.2) is 5.82 Å². The van der Waals surface area contributed by atoms with Crippen LogP contribution >= 0.6 is 0 Å². The molecule has 0 bridgehead atoms. The lowest BCUT2D eigenvalue weighted by molar-refractivity contribution is 0.788. The summed E-state index contributed by atoms with van der Waals surface area (Å²) in [6.07, 6.45) is 7.20. The smallest absolute Gasteiger partial charge is 0.159 e. The summed E-state index contributed by atoms with van der Waals surface area (Å²) in [6.45, 7) is 2.18. The molecule has 3 heteroatoms. The van der Waals surface area contributed by atoms with Gasteiger partial charge >= 0.3 is 0 Å². The van der Waals surface area contributed by atoms with Crippen molar-refractivity contribution in [3.63, 3.8) is 0 Å². The molecule has 0 saturated carbocycles. The molecule has 24 heavy (non-hydrogen) atoms. The largest absolute Gasteiger partial charge is 0.236 e. The number of hydrogen-bond donors (Lipinski definition) is 0. The zero-order valence-corrected chi connectivity index (χ0v) is 13.7. The highest BCUT2D eigenvalue weighted by atomic mass is 14.9. The van der Waals surface area contributed by atoms with Crippen LogP contribution in [-0.2, 0) is 6.42 Å². The zero-order valence-electron chi connectivity index (χ0n) is 13.7. The van der Waals surface area contributed by atoms with Crippen molar-refractivity contribution in [1.29, 1.82) is 5.26 Å². The van der Waals surface area contributed by atoms with Crippen molar-refractivity contribution in [2.24, 2.45) is 0 Å². The minimum absolute atomic E-state index is 0.660. The van der Waals surface area contributed by atoms with Crippen LogP contribution in [0.4, 0.5) is 0 Å². The van der Waals surface area contributed by atoms with Gasteiger partial charge in [-0.1, -0.05) is 49.7 Å². The van der Waals surface area contributed by atoms with Crippen molar-refractivity contribution in [3.05, 3.63) is 72.1 Å². The monoisotopic (exact) mass is 313 g/mol. The Kier molecular flexibility index (Phi) is 4.98. The van der Waals surface area contributed by atoms with E-state index in [0.717, 1.165) is 35.4 Å². The summed E-state index contributed by atoms with van der Waals surface area (Å²) in [5.41, 5.74) is 4.97. The second kappa shape index (κ2) is 7.52. The van der Waals surface area contributed by atoms with E-state index in [-0.39, 0.29) is 0 Å². The van der Waals surface area contributed by atoms with Gasteiger partial charge in [0.25, 0.3) is 0 Å². The number of hydrogen-bond acceptors (Lipinski definition) is 3. The number of unbranched alkanes of at least 4 members (excludes halogenated alkanes) is 1. The maximum absolute atomic E-state index is 8.95. The Labute approximate surface area is 142 Å². The minimum atomic E-state index is 0.660. The highest BCUT2D eigenvalue weighted by molar-refractivity contribution is 5.80. The van der Waals surface area contributed by atoms with E-state index in [4.69, 9.17) is 5.26 Å². The van der Waals surface area contributed by atoms with Crippen molar-refractivity contribution in [2.75, 3.05) is 0 Å². The predicted octanol–water partition coefficient (Wildman–Crippen LogP) is 5.02. The summed E-state index contributed by atoms with van der Waals surface area (Å²) in [6, 6.07) is 17.8. The molecule has 1 heterocycles. The first-order valence-electron chi connectivity index (χ1n) is 8.22. The molecule has 0 spiro atoms. The number of rotatable bonds is 5. The van der Waals surface area contributed by atoms with Crippen LogP contribution in [0.15, 0.2) is 60.9 Å². The average molecular weight is 313 g/mol. The lowest BCUT2D eigenvalue weighted by Gasteiger charge is -2.09. The molecule has 3 rings (SSSR count). The first kappa shape index (κ1) is 15.9. The Hall–Kier alpha value is -2.99. The van der Waals surface area contributed by atoms with Gasteiger partial charge < -0.3 is 0 Å². The van der Waals surface area contributed by atoms with Gasteiger partial charge in [-0.3, -0.25) is 0 Å². The highest BCUT2D eigenvalue weighted by Crippen LogP contribution is 2.30. The van der Waals surface area contributed by atoms with E-state index in [1.165, 1.54) is 12.0 Å². The fraction of sp³-hybridized carbons (Fsp3) is 0.190. The van der Waals surface area contributed by atoms with Crippen molar-refractivity contribution in [1.82, 2.24) is 9.97 Å². The molecule has 0 aliphatic rings. The summed E-state index contributed by atoms with van der Waals surface area (Å²) < 4.78 is 0. The van der Waals surface area contributed by atoms with Crippen molar-refractivity contribution in [2.45, 2.75) is 26.2 Å². The Morgan fingerprint density at radius 3 is 2.21 bits per heavy atom. The van der Waals surface area contributed by atoms with Gasteiger partial charge in [-0.2, -0.15) is 5.26 Å². The van der Waals surface area contributed by atoms with Crippen LogP contribution in [0.2, 0.25) is 0 Å². The van der Waals surface area contributed by atoms with Gasteiger partial charge in [-0.25, -0.2) is 9.97 Å². The average Bonchev–Trinajstić information content (AvgIpc) is 2.67. The molecule has 0 unspecified atom stereocenters. The third kappa shape index (κ3) is 3.49. The van der Waals surface area contributed by atoms with Crippen molar-refractivity contribution >= 4 is 0 Å². The molecule has 0 radical (unpaired) electrons. The van der Waals surface area contributed by atoms with Gasteiger partial charge in [-0.05, 0) is 41.7 Å². The van der Waals surface area contributed by atoms with Crippen LogP contribution in [0.25, 0.3) is 22.5 Å². The van der Waals surface area contributed by atoms with Crippen LogP contribution in [0.5, 0.6) is 0 Å². The summed E-state index contributed by atoms with van der Waals surface area (Å²) in [5.74, 6) is 0.732. The number of aromatic nitrogens is 2. The summed E-state index contributed by atoms with van der Waals surface area (Å²) in [7, 11) is 0. The van der Waals surface area contributed by atoms with Crippen LogP contribution in [0, 0.1) is 11.3 Å². The molecular formula is C21H19N3. The van der Waals surface area contributed by atoms with Gasteiger partial charge in [0.05, 0.1) is 11.6 Å². The van der Waals surface area contributed by atoms with Crippen LogP contribution in [0.3, 0.4) is 0 Å². The molecule has 0 N–H and O–H groups in total. The predicted molar refractivity (Wildman–Crippen MR) is 96.2 cm³/mol. The van der Waals surface area contributed by atoms with Crippen molar-refractivity contribution < 1.29 is 0 Å². The van der Waals surface area contributed by atoms with Crippen LogP contribution in [0.1, 0.15) is 30.9 Å². The molecule has 2 aromatic carbocycles. The fourth-order valence-corrected chi connectivity index (χ4v) is 2.66. The van der Waals surface area contributed by atoms with E-state index in [1.54, 1.807) is 0 Å². The standard InChI is InChI=1S/C21H19N3/c1-2-3-6-17-14-23-21(24-15-17)20-8-5-4-7-19(20)18-11-9-16(13-22)10-12-18/h4-5,7-12,14-15H,2-3,6H2,1H3. The van der Waals surface area contributed by atoms with E-state index in [2.05, 4.69) is 29.0 Å². The summed E-state index contributed by atoms with van der Waals surface area (Å²) in [5, 5.41) is 8.95. The van der Waals surface area contributed by atoms with Crippen LogP contribution in [-0.4, -0.2) is 9.97 Å². The lowest BCUT2D eigenvalue weighted by Crippen LogP contribution is -1.94.